The Labute approximate surface area is 243 Å². The minimum Gasteiger partial charge on any atom is -1.00 e. The van der Waals surface area contributed by atoms with Gasteiger partial charge in [0, 0.05) is 0 Å². The molecule has 0 saturated heterocycles. The van der Waals surface area contributed by atoms with Gasteiger partial charge in [0.2, 0.25) is 0 Å². The van der Waals surface area contributed by atoms with Crippen LogP contribution in [0.2, 0.25) is 0 Å². The highest BCUT2D eigenvalue weighted by molar-refractivity contribution is 4.55. The molecule has 1 nitrogen and oxygen atoms in total. The molecule has 0 aliphatic rings. The van der Waals surface area contributed by atoms with Crippen LogP contribution in [0.5, 0.6) is 0 Å². The van der Waals surface area contributed by atoms with Crippen LogP contribution in [0.4, 0.5) is 0 Å². The van der Waals surface area contributed by atoms with Gasteiger partial charge in [-0.25, -0.2) is 0 Å². The number of unbranched alkanes of at least 4 members (excludes halogenated alkanes) is 23. The monoisotopic (exact) mass is 544 g/mol. The second kappa shape index (κ2) is 32.5. The molecule has 0 atom stereocenters. The zero-order valence-electron chi connectivity index (χ0n) is 26.7. The molecule has 0 aromatic carbocycles. The predicted molar refractivity (Wildman–Crippen MR) is 167 cm³/mol. The minimum atomic E-state index is 0. The van der Waals surface area contributed by atoms with Gasteiger partial charge >= 0.3 is 0 Å². The van der Waals surface area contributed by atoms with Crippen LogP contribution in [0.3, 0.4) is 0 Å². The first-order chi connectivity index (χ1) is 17.7. The lowest BCUT2D eigenvalue weighted by molar-refractivity contribution is -0.929. The minimum absolute atomic E-state index is 0. The van der Waals surface area contributed by atoms with Crippen molar-refractivity contribution in [1.29, 1.82) is 0 Å². The van der Waals surface area contributed by atoms with Crippen LogP contribution in [0.25, 0.3) is 0 Å². The van der Waals surface area contributed by atoms with Gasteiger partial charge in [0.05, 0.1) is 26.2 Å². The van der Waals surface area contributed by atoms with E-state index in [9.17, 15) is 0 Å². The summed E-state index contributed by atoms with van der Waals surface area (Å²) in [5.74, 6) is 0. The van der Waals surface area contributed by atoms with Crippen molar-refractivity contribution in [3.05, 3.63) is 0 Å². The number of rotatable bonds is 31. The normalized spacial score (nSPS) is 11.7. The van der Waals surface area contributed by atoms with E-state index in [-0.39, 0.29) is 12.4 Å². The molecule has 0 aliphatic heterocycles. The molecule has 0 radical (unpaired) electrons. The summed E-state index contributed by atoms with van der Waals surface area (Å²) in [4.78, 5) is 0. The Kier molecular flexibility index (Phi) is 34.6. The zero-order valence-corrected chi connectivity index (χ0v) is 27.5. The maximum atomic E-state index is 2.35. The second-order valence-corrected chi connectivity index (χ2v) is 12.4. The predicted octanol–water partition coefficient (Wildman–Crippen LogP) is 9.42. The van der Waals surface area contributed by atoms with E-state index in [1.807, 2.05) is 0 Å². The molecule has 0 aliphatic carbocycles. The van der Waals surface area contributed by atoms with E-state index in [0.29, 0.717) is 0 Å². The van der Waals surface area contributed by atoms with E-state index in [0.717, 1.165) is 0 Å². The Morgan fingerprint density at radius 2 is 0.405 bits per heavy atom. The Balaban J connectivity index is 0. The zero-order chi connectivity index (χ0) is 26.4. The van der Waals surface area contributed by atoms with Crippen molar-refractivity contribution in [3.63, 3.8) is 0 Å². The molecule has 0 unspecified atom stereocenters. The van der Waals surface area contributed by atoms with Gasteiger partial charge in [0.15, 0.2) is 0 Å². The van der Waals surface area contributed by atoms with E-state index < -0.39 is 0 Å². The number of halogens is 1. The quantitative estimate of drug-likeness (QED) is 0.0603. The molecule has 0 fully saturated rings. The number of nitrogens with zero attached hydrogens (tertiary/aromatic N) is 1. The van der Waals surface area contributed by atoms with Gasteiger partial charge in [-0.2, -0.15) is 0 Å². The Morgan fingerprint density at radius 1 is 0.243 bits per heavy atom. The number of hydrogen-bond acceptors (Lipinski definition) is 0. The van der Waals surface area contributed by atoms with E-state index >= 15 is 0 Å². The first-order valence-electron chi connectivity index (χ1n) is 17.6. The smallest absolute Gasteiger partial charge is 0.0786 e. The Bertz CT molecular complexity index is 361. The molecule has 0 heterocycles. The average Bonchev–Trinajstić information content (AvgIpc) is 2.89. The molecule has 0 bridgehead atoms. The summed E-state index contributed by atoms with van der Waals surface area (Å²) in [5.41, 5.74) is 0. The molecule has 0 rings (SSSR count). The summed E-state index contributed by atoms with van der Waals surface area (Å²) in [6.07, 6.45) is 39.3. The molecule has 0 spiro atoms. The topological polar surface area (TPSA) is 0 Å². The highest BCUT2D eigenvalue weighted by Crippen LogP contribution is 2.20. The highest BCUT2D eigenvalue weighted by atomic mass is 35.5. The van der Waals surface area contributed by atoms with Crippen LogP contribution >= 0.6 is 0 Å². The molecule has 37 heavy (non-hydrogen) atoms. The first kappa shape index (κ1) is 39.4. The fourth-order valence-electron chi connectivity index (χ4n) is 6.11. The molecule has 0 N–H and O–H groups in total. The number of hydrogen-bond donors (Lipinski definition) is 0. The number of quaternary nitrogens is 1. The van der Waals surface area contributed by atoms with Crippen molar-refractivity contribution in [2.45, 2.75) is 201 Å². The Hall–Kier alpha value is 0.250. The van der Waals surface area contributed by atoms with Gasteiger partial charge in [-0.3, -0.25) is 0 Å². The lowest BCUT2D eigenvalue weighted by Crippen LogP contribution is -3.00. The van der Waals surface area contributed by atoms with Gasteiger partial charge in [-0.15, -0.1) is 0 Å². The van der Waals surface area contributed by atoms with Gasteiger partial charge in [0.1, 0.15) is 0 Å². The molecular formula is C35H74ClN. The third-order valence-electron chi connectivity index (χ3n) is 8.69. The van der Waals surface area contributed by atoms with Crippen molar-refractivity contribution >= 4 is 0 Å². The molecule has 0 aromatic heterocycles. The molecule has 0 amide bonds. The van der Waals surface area contributed by atoms with Crippen molar-refractivity contribution in [3.8, 4) is 0 Å². The van der Waals surface area contributed by atoms with Crippen LogP contribution in [-0.2, 0) is 0 Å². The molecular weight excluding hydrogens is 470 g/mol. The molecule has 0 aromatic rings. The lowest BCUT2D eigenvalue weighted by Gasteiger charge is -2.40. The van der Waals surface area contributed by atoms with Crippen LogP contribution in [-0.4, -0.2) is 30.7 Å². The first-order valence-corrected chi connectivity index (χ1v) is 17.6. The van der Waals surface area contributed by atoms with Crippen molar-refractivity contribution in [1.82, 2.24) is 0 Å². The van der Waals surface area contributed by atoms with E-state index in [1.165, 1.54) is 204 Å². The van der Waals surface area contributed by atoms with Crippen molar-refractivity contribution in [2.24, 2.45) is 0 Å². The van der Waals surface area contributed by atoms with Crippen LogP contribution < -0.4 is 12.4 Å². The van der Waals surface area contributed by atoms with Gasteiger partial charge in [-0.05, 0) is 51.4 Å². The summed E-state index contributed by atoms with van der Waals surface area (Å²) >= 11 is 0. The summed E-state index contributed by atoms with van der Waals surface area (Å²) in [7, 11) is 0. The van der Waals surface area contributed by atoms with E-state index in [2.05, 4.69) is 27.7 Å². The second-order valence-electron chi connectivity index (χ2n) is 12.4. The molecule has 2 heteroatoms. The SMILES string of the molecule is CCCCCCCCCCCCCC[N+](CCCCCCC)(CCCCCCC)CCCCCCC.[Cl-]. The van der Waals surface area contributed by atoms with Gasteiger partial charge < -0.3 is 16.9 Å². The van der Waals surface area contributed by atoms with Gasteiger partial charge in [-0.1, -0.05) is 150 Å². The standard InChI is InChI=1S/C35H74N.ClH/c1-5-9-13-17-18-19-20-21-22-23-27-31-35-36(32-28-24-14-10-6-2,33-29-25-15-11-7-3)34-30-26-16-12-8-4;/h5-35H2,1-4H3;1H/q+1;/p-1. The summed E-state index contributed by atoms with van der Waals surface area (Å²) in [6.45, 7) is 15.3. The summed E-state index contributed by atoms with van der Waals surface area (Å²) in [5, 5.41) is 0. The van der Waals surface area contributed by atoms with Crippen molar-refractivity contribution in [2.75, 3.05) is 26.2 Å². The van der Waals surface area contributed by atoms with Crippen LogP contribution in [0.1, 0.15) is 201 Å². The van der Waals surface area contributed by atoms with Crippen molar-refractivity contribution < 1.29 is 16.9 Å². The fourth-order valence-corrected chi connectivity index (χ4v) is 6.11. The summed E-state index contributed by atoms with van der Waals surface area (Å²) in [6, 6.07) is 0. The molecule has 0 saturated carbocycles. The van der Waals surface area contributed by atoms with Crippen LogP contribution in [0, 0.1) is 0 Å². The largest absolute Gasteiger partial charge is 1.00 e. The summed E-state index contributed by atoms with van der Waals surface area (Å²) < 4.78 is 1.47. The van der Waals surface area contributed by atoms with E-state index in [1.54, 1.807) is 0 Å². The van der Waals surface area contributed by atoms with E-state index in [4.69, 9.17) is 0 Å². The van der Waals surface area contributed by atoms with Crippen LogP contribution in [0.15, 0.2) is 0 Å². The third kappa shape index (κ3) is 27.6. The fraction of sp³-hybridized carbons (Fsp3) is 1.00. The lowest BCUT2D eigenvalue weighted by atomic mass is 10.0. The molecule has 226 valence electrons. The Morgan fingerprint density at radius 3 is 0.595 bits per heavy atom. The average molecular weight is 544 g/mol. The third-order valence-corrected chi connectivity index (χ3v) is 8.69. The highest BCUT2D eigenvalue weighted by Gasteiger charge is 2.25. The maximum Gasteiger partial charge on any atom is 0.0786 e. The van der Waals surface area contributed by atoms with Gasteiger partial charge in [0.25, 0.3) is 0 Å². The maximum absolute atomic E-state index is 2.35.